The molecule has 0 bridgehead atoms. The van der Waals surface area contributed by atoms with Crippen molar-refractivity contribution in [2.24, 2.45) is 0 Å². The highest BCUT2D eigenvalue weighted by atomic mass is 32.1. The fourth-order valence-corrected chi connectivity index (χ4v) is 3.92. The second kappa shape index (κ2) is 8.96. The Balaban J connectivity index is 1.37. The maximum atomic E-state index is 12.5. The Hall–Kier alpha value is -3.39. The molecular weight excluding hydrogens is 402 g/mol. The van der Waals surface area contributed by atoms with E-state index in [9.17, 15) is 9.59 Å². The average molecular weight is 423 g/mol. The molecule has 1 aromatic heterocycles. The van der Waals surface area contributed by atoms with Crippen molar-refractivity contribution in [3.63, 3.8) is 0 Å². The number of aromatic nitrogens is 1. The van der Waals surface area contributed by atoms with Gasteiger partial charge in [-0.15, -0.1) is 11.3 Å². The van der Waals surface area contributed by atoms with E-state index >= 15 is 0 Å². The van der Waals surface area contributed by atoms with Gasteiger partial charge in [-0.1, -0.05) is 12.1 Å². The van der Waals surface area contributed by atoms with E-state index < -0.39 is 0 Å². The minimum Gasteiger partial charge on any atom is -0.486 e. The Morgan fingerprint density at radius 3 is 2.77 bits per heavy atom. The highest BCUT2D eigenvalue weighted by Gasteiger charge is 2.16. The zero-order valence-electron chi connectivity index (χ0n) is 16.5. The van der Waals surface area contributed by atoms with Crippen LogP contribution in [0.1, 0.15) is 11.9 Å². The fraction of sp³-hybridized carbons (Fsp3) is 0.227. The van der Waals surface area contributed by atoms with Gasteiger partial charge in [-0.05, 0) is 37.3 Å². The third kappa shape index (κ3) is 4.60. The van der Waals surface area contributed by atoms with Gasteiger partial charge in [-0.3, -0.25) is 9.59 Å². The molecule has 1 aliphatic heterocycles. The minimum atomic E-state index is -0.282. The van der Waals surface area contributed by atoms with E-state index in [0.29, 0.717) is 36.9 Å². The standard InChI is InChI=1S/C22H21N3O4S/c1-2-25(22(27)10-9-21-24-16-5-3-4-6-19(16)30-21)14-20(26)23-15-7-8-17-18(13-15)29-12-11-28-17/h3-10,13H,2,11-12,14H2,1H3,(H,23,26). The van der Waals surface area contributed by atoms with E-state index in [1.807, 2.05) is 31.2 Å². The number of para-hydroxylation sites is 1. The largest absolute Gasteiger partial charge is 0.486 e. The summed E-state index contributed by atoms with van der Waals surface area (Å²) in [5.41, 5.74) is 1.50. The number of ether oxygens (including phenoxy) is 2. The number of carbonyl (C=O) groups excluding carboxylic acids is 2. The number of likely N-dealkylation sites (N-methyl/N-ethyl adjacent to an activating group) is 1. The van der Waals surface area contributed by atoms with Crippen molar-refractivity contribution in [2.75, 3.05) is 31.6 Å². The molecule has 2 amide bonds. The second-order valence-corrected chi connectivity index (χ2v) is 7.67. The van der Waals surface area contributed by atoms with Crippen molar-refractivity contribution in [1.82, 2.24) is 9.88 Å². The Morgan fingerprint density at radius 2 is 1.97 bits per heavy atom. The predicted octanol–water partition coefficient (Wildman–Crippen LogP) is 3.57. The topological polar surface area (TPSA) is 80.8 Å². The SMILES string of the molecule is CCN(CC(=O)Nc1ccc2c(c1)OCCO2)C(=O)C=Cc1nc2ccccc2s1. The number of rotatable bonds is 6. The molecule has 2 heterocycles. The molecule has 3 aromatic rings. The first-order valence-electron chi connectivity index (χ1n) is 9.64. The van der Waals surface area contributed by atoms with Crippen LogP contribution in [0.25, 0.3) is 16.3 Å². The Bertz CT molecular complexity index is 1080. The summed E-state index contributed by atoms with van der Waals surface area (Å²) in [6.45, 7) is 3.19. The van der Waals surface area contributed by atoms with E-state index in [1.165, 1.54) is 22.3 Å². The van der Waals surface area contributed by atoms with Crippen molar-refractivity contribution in [3.05, 3.63) is 53.5 Å². The summed E-state index contributed by atoms with van der Waals surface area (Å²) in [5, 5.41) is 3.55. The normalized spacial score (nSPS) is 12.8. The van der Waals surface area contributed by atoms with Gasteiger partial charge in [-0.2, -0.15) is 0 Å². The molecule has 0 radical (unpaired) electrons. The summed E-state index contributed by atoms with van der Waals surface area (Å²) in [7, 11) is 0. The van der Waals surface area contributed by atoms with Crippen LogP contribution in [0.4, 0.5) is 5.69 Å². The zero-order valence-corrected chi connectivity index (χ0v) is 17.3. The number of carbonyl (C=O) groups is 2. The van der Waals surface area contributed by atoms with Crippen LogP contribution in [-0.4, -0.2) is 48.0 Å². The number of benzene rings is 2. The summed E-state index contributed by atoms with van der Waals surface area (Å²) < 4.78 is 12.1. The molecule has 0 atom stereocenters. The highest BCUT2D eigenvalue weighted by Crippen LogP contribution is 2.32. The first kappa shape index (κ1) is 19.9. The summed E-state index contributed by atoms with van der Waals surface area (Å²) in [5.74, 6) is 0.732. The minimum absolute atomic E-state index is 0.0477. The zero-order chi connectivity index (χ0) is 20.9. The Kier molecular flexibility index (Phi) is 5.94. The lowest BCUT2D eigenvalue weighted by molar-refractivity contribution is -0.130. The molecule has 0 spiro atoms. The van der Waals surface area contributed by atoms with Crippen LogP contribution in [-0.2, 0) is 9.59 Å². The maximum absolute atomic E-state index is 12.5. The van der Waals surface area contributed by atoms with Crippen molar-refractivity contribution in [3.8, 4) is 11.5 Å². The lowest BCUT2D eigenvalue weighted by atomic mass is 10.2. The van der Waals surface area contributed by atoms with E-state index in [0.717, 1.165) is 15.2 Å². The number of hydrogen-bond donors (Lipinski definition) is 1. The van der Waals surface area contributed by atoms with Crippen LogP contribution in [0.3, 0.4) is 0 Å². The molecular formula is C22H21N3O4S. The van der Waals surface area contributed by atoms with E-state index in [4.69, 9.17) is 9.47 Å². The molecule has 2 aromatic carbocycles. The molecule has 0 aliphatic carbocycles. The summed E-state index contributed by atoms with van der Waals surface area (Å²) in [6.07, 6.45) is 3.15. The summed E-state index contributed by atoms with van der Waals surface area (Å²) >= 11 is 1.52. The molecule has 0 saturated carbocycles. The van der Waals surface area contributed by atoms with Crippen LogP contribution in [0.2, 0.25) is 0 Å². The molecule has 0 fully saturated rings. The van der Waals surface area contributed by atoms with Crippen molar-refractivity contribution in [1.29, 1.82) is 0 Å². The van der Waals surface area contributed by atoms with Crippen molar-refractivity contribution < 1.29 is 19.1 Å². The fourth-order valence-electron chi connectivity index (χ4n) is 3.05. The van der Waals surface area contributed by atoms with Gasteiger partial charge >= 0.3 is 0 Å². The van der Waals surface area contributed by atoms with Gasteiger partial charge in [0, 0.05) is 24.4 Å². The van der Waals surface area contributed by atoms with E-state index in [-0.39, 0.29) is 18.4 Å². The van der Waals surface area contributed by atoms with Crippen LogP contribution in [0.15, 0.2) is 48.5 Å². The van der Waals surface area contributed by atoms with Crippen LogP contribution in [0, 0.1) is 0 Å². The Labute approximate surface area is 177 Å². The molecule has 4 rings (SSSR count). The predicted molar refractivity (Wildman–Crippen MR) is 117 cm³/mol. The van der Waals surface area contributed by atoms with Crippen LogP contribution >= 0.6 is 11.3 Å². The Morgan fingerprint density at radius 1 is 1.17 bits per heavy atom. The highest BCUT2D eigenvalue weighted by molar-refractivity contribution is 7.19. The van der Waals surface area contributed by atoms with Gasteiger partial charge in [0.1, 0.15) is 24.8 Å². The summed E-state index contributed by atoms with van der Waals surface area (Å²) in [6, 6.07) is 13.0. The summed E-state index contributed by atoms with van der Waals surface area (Å²) in [4.78, 5) is 30.9. The smallest absolute Gasteiger partial charge is 0.247 e. The van der Waals surface area contributed by atoms with E-state index in [2.05, 4.69) is 10.3 Å². The van der Waals surface area contributed by atoms with Crippen LogP contribution < -0.4 is 14.8 Å². The number of amides is 2. The first-order chi connectivity index (χ1) is 14.6. The molecule has 154 valence electrons. The second-order valence-electron chi connectivity index (χ2n) is 6.61. The van der Waals surface area contributed by atoms with Gasteiger partial charge in [-0.25, -0.2) is 4.98 Å². The molecule has 1 aliphatic rings. The monoisotopic (exact) mass is 423 g/mol. The lowest BCUT2D eigenvalue weighted by Crippen LogP contribution is -2.36. The van der Waals surface area contributed by atoms with Gasteiger partial charge < -0.3 is 19.7 Å². The number of hydrogen-bond acceptors (Lipinski definition) is 6. The van der Waals surface area contributed by atoms with Gasteiger partial charge in [0.05, 0.1) is 10.2 Å². The molecule has 8 heteroatoms. The molecule has 7 nitrogen and oxygen atoms in total. The van der Waals surface area contributed by atoms with Gasteiger partial charge in [0.25, 0.3) is 0 Å². The lowest BCUT2D eigenvalue weighted by Gasteiger charge is -2.20. The number of nitrogens with zero attached hydrogens (tertiary/aromatic N) is 2. The van der Waals surface area contributed by atoms with Crippen molar-refractivity contribution in [2.45, 2.75) is 6.92 Å². The van der Waals surface area contributed by atoms with Gasteiger partial charge in [0.2, 0.25) is 11.8 Å². The molecule has 1 N–H and O–H groups in total. The van der Waals surface area contributed by atoms with Gasteiger partial charge in [0.15, 0.2) is 11.5 Å². The number of nitrogens with one attached hydrogen (secondary N) is 1. The van der Waals surface area contributed by atoms with Crippen molar-refractivity contribution >= 4 is 45.1 Å². The van der Waals surface area contributed by atoms with E-state index in [1.54, 1.807) is 24.3 Å². The first-order valence-corrected chi connectivity index (χ1v) is 10.5. The molecule has 30 heavy (non-hydrogen) atoms. The molecule has 0 saturated heterocycles. The number of anilines is 1. The third-order valence-corrected chi connectivity index (χ3v) is 5.53. The average Bonchev–Trinajstić information content (AvgIpc) is 3.19. The number of thiazole rings is 1. The third-order valence-electron chi connectivity index (χ3n) is 4.53. The number of fused-ring (bicyclic) bond motifs is 2. The molecule has 0 unspecified atom stereocenters. The van der Waals surface area contributed by atoms with Crippen LogP contribution in [0.5, 0.6) is 11.5 Å². The quantitative estimate of drug-likeness (QED) is 0.613. The maximum Gasteiger partial charge on any atom is 0.247 e.